The smallest absolute Gasteiger partial charge is 0.408 e. The second-order valence-corrected chi connectivity index (χ2v) is 11.9. The van der Waals surface area contributed by atoms with Gasteiger partial charge in [0.25, 0.3) is 5.91 Å². The molecule has 2 aromatic rings. The minimum atomic E-state index is -0.943. The highest BCUT2D eigenvalue weighted by Gasteiger charge is 2.38. The van der Waals surface area contributed by atoms with Crippen LogP contribution in [0.15, 0.2) is 48.5 Å². The minimum Gasteiger partial charge on any atom is -0.444 e. The number of carbonyl (C=O) groups excluding carboxylic acids is 3. The third-order valence-corrected chi connectivity index (χ3v) is 7.29. The number of hydrogen-bond acceptors (Lipinski definition) is 4. The molecule has 0 bridgehead atoms. The van der Waals surface area contributed by atoms with Crippen molar-refractivity contribution in [3.8, 4) is 12.3 Å². The van der Waals surface area contributed by atoms with Crippen LogP contribution in [0.1, 0.15) is 103 Å². The van der Waals surface area contributed by atoms with Crippen LogP contribution in [0.5, 0.6) is 0 Å². The van der Waals surface area contributed by atoms with Crippen molar-refractivity contribution in [2.75, 3.05) is 11.9 Å². The monoisotopic (exact) mass is 575 g/mol. The number of rotatable bonds is 14. The van der Waals surface area contributed by atoms with E-state index in [0.29, 0.717) is 29.8 Å². The van der Waals surface area contributed by atoms with Crippen LogP contribution in [0.4, 0.5) is 10.5 Å². The second kappa shape index (κ2) is 16.6. The van der Waals surface area contributed by atoms with E-state index in [1.165, 1.54) is 0 Å². The molecule has 2 aromatic carbocycles. The quantitative estimate of drug-likeness (QED) is 0.182. The molecule has 228 valence electrons. The van der Waals surface area contributed by atoms with Gasteiger partial charge in [0, 0.05) is 17.8 Å². The normalized spacial score (nSPS) is 13.3. The standard InChI is InChI=1S/C35H49N3O4/c1-9-12-13-14-17-24-38(33(40)30(25(4)10-2)37-34(41)42-35(6,7)8)31(28-22-20-27(11-3)21-23-28)32(39)36-29-19-16-15-18-26(29)5/h3,15-16,18-23,25,30-31H,9-10,12-14,17,24H2,1-2,4-8H3,(H,36,39)(H,37,41). The maximum Gasteiger partial charge on any atom is 0.408 e. The van der Waals surface area contributed by atoms with Crippen molar-refractivity contribution in [2.45, 2.75) is 105 Å². The first-order valence-corrected chi connectivity index (χ1v) is 15.1. The van der Waals surface area contributed by atoms with Crippen LogP contribution in [0.3, 0.4) is 0 Å². The Kier molecular flexibility index (Phi) is 13.6. The van der Waals surface area contributed by atoms with Gasteiger partial charge in [-0.15, -0.1) is 6.42 Å². The van der Waals surface area contributed by atoms with E-state index in [1.807, 2.05) is 45.0 Å². The summed E-state index contributed by atoms with van der Waals surface area (Å²) in [6, 6.07) is 12.9. The lowest BCUT2D eigenvalue weighted by atomic mass is 9.95. The molecule has 0 aliphatic heterocycles. The Balaban J connectivity index is 2.57. The molecule has 0 saturated carbocycles. The van der Waals surface area contributed by atoms with Gasteiger partial charge in [0.2, 0.25) is 5.91 Å². The number of ether oxygens (including phenoxy) is 1. The topological polar surface area (TPSA) is 87.7 Å². The molecule has 0 aliphatic carbocycles. The van der Waals surface area contributed by atoms with E-state index >= 15 is 0 Å². The van der Waals surface area contributed by atoms with E-state index in [-0.39, 0.29) is 17.7 Å². The molecule has 3 amide bonds. The number of carbonyl (C=O) groups is 3. The van der Waals surface area contributed by atoms with Crippen LogP contribution in [0.25, 0.3) is 0 Å². The van der Waals surface area contributed by atoms with Gasteiger partial charge in [0.05, 0.1) is 0 Å². The van der Waals surface area contributed by atoms with Gasteiger partial charge in [-0.05, 0) is 69.4 Å². The molecule has 0 saturated heterocycles. The first-order valence-electron chi connectivity index (χ1n) is 15.1. The molecule has 0 spiro atoms. The van der Waals surface area contributed by atoms with E-state index in [4.69, 9.17) is 11.2 Å². The summed E-state index contributed by atoms with van der Waals surface area (Å²) in [7, 11) is 0. The van der Waals surface area contributed by atoms with Gasteiger partial charge in [-0.25, -0.2) is 4.79 Å². The molecule has 2 rings (SSSR count). The summed E-state index contributed by atoms with van der Waals surface area (Å²) in [6.45, 7) is 13.7. The lowest BCUT2D eigenvalue weighted by Gasteiger charge is -2.36. The zero-order chi connectivity index (χ0) is 31.3. The summed E-state index contributed by atoms with van der Waals surface area (Å²) in [6.07, 6.45) is 10.5. The third-order valence-electron chi connectivity index (χ3n) is 7.29. The maximum absolute atomic E-state index is 14.5. The van der Waals surface area contributed by atoms with E-state index in [0.717, 1.165) is 37.7 Å². The summed E-state index contributed by atoms with van der Waals surface area (Å²) in [5.74, 6) is 1.76. The molecule has 3 unspecified atom stereocenters. The first-order chi connectivity index (χ1) is 19.9. The molecular formula is C35H49N3O4. The zero-order valence-electron chi connectivity index (χ0n) is 26.5. The fourth-order valence-corrected chi connectivity index (χ4v) is 4.70. The number of benzene rings is 2. The fourth-order valence-electron chi connectivity index (χ4n) is 4.70. The van der Waals surface area contributed by atoms with E-state index in [2.05, 4.69) is 23.5 Å². The van der Waals surface area contributed by atoms with Crippen molar-refractivity contribution in [3.63, 3.8) is 0 Å². The Bertz CT molecular complexity index is 1210. The molecule has 0 radical (unpaired) electrons. The largest absolute Gasteiger partial charge is 0.444 e. The Labute approximate surface area is 252 Å². The number of amides is 3. The van der Waals surface area contributed by atoms with Crippen LogP contribution in [-0.2, 0) is 14.3 Å². The van der Waals surface area contributed by atoms with E-state index in [1.54, 1.807) is 49.9 Å². The zero-order valence-corrected chi connectivity index (χ0v) is 26.5. The van der Waals surface area contributed by atoms with Crippen LogP contribution in [0, 0.1) is 25.2 Å². The first kappa shape index (κ1) is 34.4. The van der Waals surface area contributed by atoms with E-state index < -0.39 is 23.8 Å². The number of alkyl carbamates (subject to hydrolysis) is 1. The predicted octanol–water partition coefficient (Wildman–Crippen LogP) is 7.39. The average Bonchev–Trinajstić information content (AvgIpc) is 2.95. The average molecular weight is 576 g/mol. The number of nitrogens with one attached hydrogen (secondary N) is 2. The number of terminal acetylenes is 1. The number of hydrogen-bond donors (Lipinski definition) is 2. The van der Waals surface area contributed by atoms with Crippen molar-refractivity contribution < 1.29 is 19.1 Å². The summed E-state index contributed by atoms with van der Waals surface area (Å²) >= 11 is 0. The summed E-state index contributed by atoms with van der Waals surface area (Å²) in [5, 5.41) is 5.88. The predicted molar refractivity (Wildman–Crippen MR) is 170 cm³/mol. The molecule has 42 heavy (non-hydrogen) atoms. The van der Waals surface area contributed by atoms with Gasteiger partial charge in [-0.2, -0.15) is 0 Å². The molecule has 0 aromatic heterocycles. The van der Waals surface area contributed by atoms with Gasteiger partial charge in [0.15, 0.2) is 0 Å². The SMILES string of the molecule is C#Cc1ccc(C(C(=O)Nc2ccccc2C)N(CCCCCCC)C(=O)C(NC(=O)OC(C)(C)C)C(C)CC)cc1. The summed E-state index contributed by atoms with van der Waals surface area (Å²) < 4.78 is 5.51. The molecule has 7 nitrogen and oxygen atoms in total. The summed E-state index contributed by atoms with van der Waals surface area (Å²) in [4.78, 5) is 43.1. The Morgan fingerprint density at radius 3 is 2.19 bits per heavy atom. The van der Waals surface area contributed by atoms with Gasteiger partial charge < -0.3 is 20.3 Å². The van der Waals surface area contributed by atoms with Crippen molar-refractivity contribution in [1.82, 2.24) is 10.2 Å². The van der Waals surface area contributed by atoms with Gasteiger partial charge in [-0.1, -0.05) is 89.1 Å². The number of nitrogens with zero attached hydrogens (tertiary/aromatic N) is 1. The van der Waals surface area contributed by atoms with Gasteiger partial charge in [0.1, 0.15) is 17.7 Å². The number of aryl methyl sites for hydroxylation is 1. The highest BCUT2D eigenvalue weighted by molar-refractivity contribution is 5.99. The van der Waals surface area contributed by atoms with Crippen LogP contribution in [-0.4, -0.2) is 41.0 Å². The fraction of sp³-hybridized carbons (Fsp3) is 0.514. The van der Waals surface area contributed by atoms with E-state index in [9.17, 15) is 14.4 Å². The maximum atomic E-state index is 14.5. The molecular weight excluding hydrogens is 526 g/mol. The lowest BCUT2D eigenvalue weighted by molar-refractivity contribution is -0.142. The number of para-hydroxylation sites is 1. The third kappa shape index (κ3) is 10.6. The minimum absolute atomic E-state index is 0.198. The molecule has 0 aliphatic rings. The summed E-state index contributed by atoms with van der Waals surface area (Å²) in [5.41, 5.74) is 2.18. The number of unbranched alkanes of at least 4 members (excludes halogenated alkanes) is 4. The Morgan fingerprint density at radius 1 is 0.976 bits per heavy atom. The Hall–Kier alpha value is -3.79. The Morgan fingerprint density at radius 2 is 1.62 bits per heavy atom. The van der Waals surface area contributed by atoms with Crippen molar-refractivity contribution in [1.29, 1.82) is 0 Å². The molecule has 7 heteroatoms. The van der Waals surface area contributed by atoms with Crippen molar-refractivity contribution in [3.05, 3.63) is 65.2 Å². The van der Waals surface area contributed by atoms with Gasteiger partial charge >= 0.3 is 6.09 Å². The molecule has 0 heterocycles. The van der Waals surface area contributed by atoms with Crippen LogP contribution in [0.2, 0.25) is 0 Å². The number of anilines is 1. The van der Waals surface area contributed by atoms with Crippen molar-refractivity contribution >= 4 is 23.6 Å². The van der Waals surface area contributed by atoms with Crippen molar-refractivity contribution in [2.24, 2.45) is 5.92 Å². The van der Waals surface area contributed by atoms with Crippen LogP contribution >= 0.6 is 0 Å². The molecule has 3 atom stereocenters. The highest BCUT2D eigenvalue weighted by atomic mass is 16.6. The van der Waals surface area contributed by atoms with Crippen LogP contribution < -0.4 is 10.6 Å². The molecule has 0 fully saturated rings. The van der Waals surface area contributed by atoms with Gasteiger partial charge in [-0.3, -0.25) is 9.59 Å². The highest BCUT2D eigenvalue weighted by Crippen LogP contribution is 2.28. The second-order valence-electron chi connectivity index (χ2n) is 11.9. The lowest BCUT2D eigenvalue weighted by Crippen LogP contribution is -2.55. The molecule has 2 N–H and O–H groups in total.